The Hall–Kier alpha value is -3.58. The zero-order valence-corrected chi connectivity index (χ0v) is 22.0. The molecule has 1 saturated carbocycles. The first-order valence-corrected chi connectivity index (χ1v) is 13.5. The quantitative estimate of drug-likeness (QED) is 0.503. The largest absolute Gasteiger partial charge is 0.387 e. The summed E-state index contributed by atoms with van der Waals surface area (Å²) in [5, 5.41) is 20.9. The van der Waals surface area contributed by atoms with E-state index in [2.05, 4.69) is 5.32 Å². The molecule has 1 amide bonds. The van der Waals surface area contributed by atoms with E-state index in [4.69, 9.17) is 21.1 Å². The molecule has 9 heteroatoms. The van der Waals surface area contributed by atoms with Gasteiger partial charge in [-0.05, 0) is 67.2 Å². The van der Waals surface area contributed by atoms with Gasteiger partial charge >= 0.3 is 0 Å². The van der Waals surface area contributed by atoms with Crippen molar-refractivity contribution in [2.75, 3.05) is 20.2 Å². The number of thiophene rings is 1. The van der Waals surface area contributed by atoms with E-state index in [0.717, 1.165) is 41.7 Å². The van der Waals surface area contributed by atoms with Gasteiger partial charge in [-0.15, -0.1) is 11.3 Å². The summed E-state index contributed by atoms with van der Waals surface area (Å²) < 4.78 is 19.9. The van der Waals surface area contributed by atoms with E-state index in [1.165, 1.54) is 23.5 Å². The van der Waals surface area contributed by atoms with Crippen LogP contribution in [0.4, 0.5) is 4.39 Å². The Balaban J connectivity index is 1.51. The lowest BCUT2D eigenvalue weighted by atomic mass is 9.89. The van der Waals surface area contributed by atoms with Crippen molar-refractivity contribution in [3.63, 3.8) is 0 Å². The third-order valence-corrected chi connectivity index (χ3v) is 8.48. The van der Waals surface area contributed by atoms with Crippen LogP contribution in [-0.4, -0.2) is 54.9 Å². The van der Waals surface area contributed by atoms with Crippen molar-refractivity contribution < 1.29 is 13.9 Å². The maximum absolute atomic E-state index is 14.6. The number of hydrogen-bond donors (Lipinski definition) is 3. The van der Waals surface area contributed by atoms with Crippen molar-refractivity contribution in [3.8, 4) is 17.2 Å². The minimum Gasteiger partial charge on any atom is -0.387 e. The van der Waals surface area contributed by atoms with Crippen LogP contribution in [0.15, 0.2) is 54.3 Å². The monoisotopic (exact) mass is 531 g/mol. The molecule has 1 aliphatic heterocycles. The molecule has 0 spiro atoms. The maximum atomic E-state index is 14.6. The summed E-state index contributed by atoms with van der Waals surface area (Å²) in [7, 11) is 1.72. The van der Waals surface area contributed by atoms with Gasteiger partial charge in [-0.1, -0.05) is 12.1 Å². The minimum atomic E-state index is -0.605. The molecule has 0 bridgehead atoms. The lowest BCUT2D eigenvalue weighted by Gasteiger charge is -2.34. The number of methoxy groups -OCH3 is 1. The highest BCUT2D eigenvalue weighted by Crippen LogP contribution is 2.40. The van der Waals surface area contributed by atoms with Gasteiger partial charge in [0.2, 0.25) is 0 Å². The Labute approximate surface area is 225 Å². The number of allylic oxidation sites excluding steroid dienone is 5. The normalized spacial score (nSPS) is 24.1. The summed E-state index contributed by atoms with van der Waals surface area (Å²) in [6, 6.07) is 8.43. The number of rotatable bonds is 6. The number of halogens is 1. The summed E-state index contributed by atoms with van der Waals surface area (Å²) in [6.45, 7) is 1.17. The van der Waals surface area contributed by atoms with E-state index >= 15 is 0 Å². The second-order valence-electron chi connectivity index (χ2n) is 9.95. The zero-order valence-electron chi connectivity index (χ0n) is 21.2. The van der Waals surface area contributed by atoms with Gasteiger partial charge in [-0.2, -0.15) is 5.26 Å². The Kier molecular flexibility index (Phi) is 7.56. The highest BCUT2D eigenvalue weighted by molar-refractivity contribution is 7.15. The Bertz CT molecular complexity index is 1400. The average molecular weight is 532 g/mol. The van der Waals surface area contributed by atoms with Crippen molar-refractivity contribution in [3.05, 3.63) is 75.4 Å². The number of carbonyl (C=O) groups is 1. The Morgan fingerprint density at radius 2 is 2.16 bits per heavy atom. The van der Waals surface area contributed by atoms with E-state index < -0.39 is 5.82 Å². The van der Waals surface area contributed by atoms with Gasteiger partial charge in [0.25, 0.3) is 5.91 Å². The molecular formula is C29H30FN5O2S. The SMILES string of the molecule is COC1CC(N/C=C2/C=C(c3sc(C(=O)N4CCCC(N)C4)cc3-c3ccc(C#N)c(F)c3)C=CC2=N)C1. The number of ether oxygens (including phenoxy) is 1. The molecule has 38 heavy (non-hydrogen) atoms. The first-order valence-electron chi connectivity index (χ1n) is 12.7. The van der Waals surface area contributed by atoms with Crippen molar-refractivity contribution in [1.82, 2.24) is 10.2 Å². The summed E-state index contributed by atoms with van der Waals surface area (Å²) in [5.41, 5.74) is 9.32. The van der Waals surface area contributed by atoms with Gasteiger partial charge < -0.3 is 26.1 Å². The third-order valence-electron chi connectivity index (χ3n) is 7.30. The van der Waals surface area contributed by atoms with Crippen LogP contribution in [0.25, 0.3) is 16.7 Å². The molecule has 196 valence electrons. The van der Waals surface area contributed by atoms with Gasteiger partial charge in [-0.3, -0.25) is 4.79 Å². The molecule has 1 atom stereocenters. The molecule has 2 heterocycles. The number of carbonyl (C=O) groups excluding carboxylic acids is 1. The lowest BCUT2D eigenvalue weighted by molar-refractivity contribution is 0.0211. The standard InChI is InChI=1S/C29H30FN5O2S/c1-37-23-11-22(12-23)34-15-20-9-18(6-7-26(20)33)28-24(17-4-5-19(14-31)25(30)10-17)13-27(38-28)29(36)35-8-2-3-21(32)16-35/h4-7,9-10,13,15,21-23,33-34H,2-3,8,11-12,16,32H2,1H3/b20-15-,33-26?. The van der Waals surface area contributed by atoms with Crippen LogP contribution in [0.1, 0.15) is 45.8 Å². The van der Waals surface area contributed by atoms with Crippen LogP contribution in [0, 0.1) is 22.6 Å². The highest BCUT2D eigenvalue weighted by Gasteiger charge is 2.29. The molecule has 1 saturated heterocycles. The molecule has 3 aliphatic rings. The molecule has 1 aromatic heterocycles. The van der Waals surface area contributed by atoms with Gasteiger partial charge in [-0.25, -0.2) is 4.39 Å². The van der Waals surface area contributed by atoms with E-state index in [-0.39, 0.29) is 23.6 Å². The number of amides is 1. The van der Waals surface area contributed by atoms with Crippen molar-refractivity contribution in [2.45, 2.75) is 43.9 Å². The van der Waals surface area contributed by atoms with E-state index in [1.54, 1.807) is 30.2 Å². The van der Waals surface area contributed by atoms with Crippen molar-refractivity contribution in [1.29, 1.82) is 10.7 Å². The first kappa shape index (κ1) is 26.0. The number of hydrogen-bond acceptors (Lipinski definition) is 7. The van der Waals surface area contributed by atoms with Gasteiger partial charge in [0, 0.05) is 54.5 Å². The molecule has 1 aromatic carbocycles. The number of nitriles is 1. The topological polar surface area (TPSA) is 115 Å². The Morgan fingerprint density at radius 1 is 1.34 bits per heavy atom. The average Bonchev–Trinajstić information content (AvgIpc) is 3.34. The second-order valence-corrected chi connectivity index (χ2v) is 11.0. The minimum absolute atomic E-state index is 0.0302. The summed E-state index contributed by atoms with van der Waals surface area (Å²) >= 11 is 1.35. The molecule has 2 aromatic rings. The van der Waals surface area contributed by atoms with Crippen molar-refractivity contribution >= 4 is 28.5 Å². The van der Waals surface area contributed by atoms with Crippen LogP contribution in [0.3, 0.4) is 0 Å². The molecule has 1 unspecified atom stereocenters. The van der Waals surface area contributed by atoms with Crippen LogP contribution >= 0.6 is 11.3 Å². The number of nitrogens with zero attached hydrogens (tertiary/aromatic N) is 2. The van der Waals surface area contributed by atoms with E-state index in [0.29, 0.717) is 40.8 Å². The number of likely N-dealkylation sites (tertiary alicyclic amines) is 1. The van der Waals surface area contributed by atoms with Gasteiger partial charge in [0.15, 0.2) is 0 Å². The predicted octanol–water partition coefficient (Wildman–Crippen LogP) is 4.61. The number of benzene rings is 1. The zero-order chi connectivity index (χ0) is 26.8. The summed E-state index contributed by atoms with van der Waals surface area (Å²) in [6.07, 6.45) is 11.2. The summed E-state index contributed by atoms with van der Waals surface area (Å²) in [5.74, 6) is -0.693. The number of nitrogens with one attached hydrogen (secondary N) is 2. The van der Waals surface area contributed by atoms with Gasteiger partial charge in [0.05, 0.1) is 22.3 Å². The molecule has 2 aliphatic carbocycles. The molecule has 5 rings (SSSR count). The Morgan fingerprint density at radius 3 is 2.87 bits per heavy atom. The molecule has 7 nitrogen and oxygen atoms in total. The second kappa shape index (κ2) is 11.0. The van der Waals surface area contributed by atoms with E-state index in [1.807, 2.05) is 24.4 Å². The third kappa shape index (κ3) is 5.34. The molecular weight excluding hydrogens is 501 g/mol. The lowest BCUT2D eigenvalue weighted by Crippen LogP contribution is -2.45. The fourth-order valence-corrected chi connectivity index (χ4v) is 6.12. The molecule has 4 N–H and O–H groups in total. The van der Waals surface area contributed by atoms with Crippen LogP contribution in [0.5, 0.6) is 0 Å². The first-order chi connectivity index (χ1) is 18.4. The van der Waals surface area contributed by atoms with Gasteiger partial charge in [0.1, 0.15) is 11.9 Å². The smallest absolute Gasteiger partial charge is 0.264 e. The number of nitrogens with two attached hydrogens (primary N) is 1. The molecule has 0 radical (unpaired) electrons. The number of piperidine rings is 1. The maximum Gasteiger partial charge on any atom is 0.264 e. The summed E-state index contributed by atoms with van der Waals surface area (Å²) in [4.78, 5) is 16.6. The van der Waals surface area contributed by atoms with Crippen LogP contribution in [-0.2, 0) is 4.74 Å². The predicted molar refractivity (Wildman–Crippen MR) is 147 cm³/mol. The molecule has 2 fully saturated rings. The van der Waals surface area contributed by atoms with E-state index in [9.17, 15) is 9.18 Å². The highest BCUT2D eigenvalue weighted by atomic mass is 32.1. The fourth-order valence-electron chi connectivity index (χ4n) is 4.97. The van der Waals surface area contributed by atoms with Crippen LogP contribution < -0.4 is 11.1 Å². The fraction of sp³-hybridized carbons (Fsp3) is 0.345. The van der Waals surface area contributed by atoms with Crippen LogP contribution in [0.2, 0.25) is 0 Å². The van der Waals surface area contributed by atoms with Crippen molar-refractivity contribution in [2.24, 2.45) is 5.73 Å².